The van der Waals surface area contributed by atoms with E-state index < -0.39 is 0 Å². The molecule has 0 fully saturated rings. The predicted molar refractivity (Wildman–Crippen MR) is 67.1 cm³/mol. The molecular weight excluding hydrogens is 254 g/mol. The lowest BCUT2D eigenvalue weighted by molar-refractivity contribution is 0.0843. The number of alkyl halides is 1. The van der Waals surface area contributed by atoms with Crippen LogP contribution in [0.5, 0.6) is 0 Å². The van der Waals surface area contributed by atoms with Crippen LogP contribution in [0.1, 0.15) is 51.9 Å². The number of nitrogens with zero attached hydrogens (tertiary/aromatic N) is 1. The average molecular weight is 276 g/mol. The van der Waals surface area contributed by atoms with Crippen molar-refractivity contribution in [1.82, 2.24) is 0 Å². The zero-order chi connectivity index (χ0) is 11.4. The molecule has 0 rings (SSSR count). The standard InChI is InChI=1S/C12H22BrNO/c1-2-12(11-14)15-10-8-6-4-3-5-7-9-13/h12H,2-10H2,1H3. The number of rotatable bonds is 10. The van der Waals surface area contributed by atoms with Crippen molar-refractivity contribution in [3.63, 3.8) is 0 Å². The van der Waals surface area contributed by atoms with Crippen LogP contribution in [0.2, 0.25) is 0 Å². The first-order chi connectivity index (χ1) is 7.35. The fourth-order valence-electron chi connectivity index (χ4n) is 1.38. The van der Waals surface area contributed by atoms with Crippen molar-refractivity contribution < 1.29 is 4.74 Å². The van der Waals surface area contributed by atoms with E-state index in [1.807, 2.05) is 6.92 Å². The normalized spacial score (nSPS) is 12.3. The lowest BCUT2D eigenvalue weighted by Crippen LogP contribution is -2.09. The molecule has 1 atom stereocenters. The van der Waals surface area contributed by atoms with Crippen molar-refractivity contribution in [1.29, 1.82) is 5.26 Å². The fourth-order valence-corrected chi connectivity index (χ4v) is 1.77. The number of hydrogen-bond acceptors (Lipinski definition) is 2. The van der Waals surface area contributed by atoms with Crippen LogP contribution < -0.4 is 0 Å². The molecule has 1 unspecified atom stereocenters. The molecule has 0 aliphatic heterocycles. The molecule has 0 spiro atoms. The topological polar surface area (TPSA) is 33.0 Å². The summed E-state index contributed by atoms with van der Waals surface area (Å²) in [4.78, 5) is 0. The van der Waals surface area contributed by atoms with Gasteiger partial charge in [0.05, 0.1) is 6.07 Å². The molecule has 0 heterocycles. The van der Waals surface area contributed by atoms with Gasteiger partial charge in [-0.25, -0.2) is 0 Å². The minimum absolute atomic E-state index is 0.196. The summed E-state index contributed by atoms with van der Waals surface area (Å²) in [6, 6.07) is 2.14. The second kappa shape index (κ2) is 12.0. The zero-order valence-corrected chi connectivity index (χ0v) is 11.3. The molecule has 2 nitrogen and oxygen atoms in total. The Balaban J connectivity index is 3.08. The molecule has 0 saturated heterocycles. The van der Waals surface area contributed by atoms with Gasteiger partial charge in [0.2, 0.25) is 0 Å². The van der Waals surface area contributed by atoms with Crippen molar-refractivity contribution in [2.75, 3.05) is 11.9 Å². The molecule has 0 aromatic rings. The van der Waals surface area contributed by atoms with Gasteiger partial charge in [0.15, 0.2) is 0 Å². The van der Waals surface area contributed by atoms with Crippen molar-refractivity contribution >= 4 is 15.9 Å². The van der Waals surface area contributed by atoms with Crippen LogP contribution in [-0.2, 0) is 4.74 Å². The first kappa shape index (κ1) is 14.9. The Kier molecular flexibility index (Phi) is 11.9. The third-order valence-corrected chi connectivity index (χ3v) is 2.92. The lowest BCUT2D eigenvalue weighted by atomic mass is 10.1. The van der Waals surface area contributed by atoms with Crippen LogP contribution in [0.3, 0.4) is 0 Å². The molecule has 0 bridgehead atoms. The molecule has 0 saturated carbocycles. The van der Waals surface area contributed by atoms with E-state index >= 15 is 0 Å². The van der Waals surface area contributed by atoms with E-state index in [2.05, 4.69) is 22.0 Å². The molecule has 3 heteroatoms. The molecule has 0 aliphatic rings. The van der Waals surface area contributed by atoms with E-state index in [9.17, 15) is 0 Å². The minimum Gasteiger partial charge on any atom is -0.363 e. The third-order valence-electron chi connectivity index (χ3n) is 2.36. The Morgan fingerprint density at radius 2 is 1.73 bits per heavy atom. The molecule has 0 aromatic heterocycles. The molecule has 15 heavy (non-hydrogen) atoms. The summed E-state index contributed by atoms with van der Waals surface area (Å²) in [5.41, 5.74) is 0. The number of ether oxygens (including phenoxy) is 1. The van der Waals surface area contributed by atoms with Crippen LogP contribution in [0.4, 0.5) is 0 Å². The highest BCUT2D eigenvalue weighted by molar-refractivity contribution is 9.09. The summed E-state index contributed by atoms with van der Waals surface area (Å²) in [5.74, 6) is 0. The highest BCUT2D eigenvalue weighted by Crippen LogP contribution is 2.07. The molecular formula is C12H22BrNO. The Hall–Kier alpha value is -0.0700. The second-order valence-corrected chi connectivity index (χ2v) is 4.50. The Morgan fingerprint density at radius 1 is 1.13 bits per heavy atom. The van der Waals surface area contributed by atoms with Crippen molar-refractivity contribution in [3.05, 3.63) is 0 Å². The number of halogens is 1. The van der Waals surface area contributed by atoms with E-state index in [1.54, 1.807) is 0 Å². The minimum atomic E-state index is -0.196. The van der Waals surface area contributed by atoms with Gasteiger partial charge in [-0.2, -0.15) is 5.26 Å². The summed E-state index contributed by atoms with van der Waals surface area (Å²) in [6.45, 7) is 2.72. The fraction of sp³-hybridized carbons (Fsp3) is 0.917. The summed E-state index contributed by atoms with van der Waals surface area (Å²) >= 11 is 3.42. The van der Waals surface area contributed by atoms with Gasteiger partial charge in [-0.3, -0.25) is 0 Å². The van der Waals surface area contributed by atoms with Gasteiger partial charge in [0, 0.05) is 11.9 Å². The lowest BCUT2D eigenvalue weighted by Gasteiger charge is -2.07. The first-order valence-electron chi connectivity index (χ1n) is 5.92. The van der Waals surface area contributed by atoms with Crippen LogP contribution in [0, 0.1) is 11.3 Å². The van der Waals surface area contributed by atoms with Gasteiger partial charge in [-0.05, 0) is 19.3 Å². The largest absolute Gasteiger partial charge is 0.363 e. The van der Waals surface area contributed by atoms with Crippen molar-refractivity contribution in [3.8, 4) is 6.07 Å². The highest BCUT2D eigenvalue weighted by Gasteiger charge is 2.02. The van der Waals surface area contributed by atoms with E-state index in [0.29, 0.717) is 0 Å². The SMILES string of the molecule is CCC(C#N)OCCCCCCCCBr. The van der Waals surface area contributed by atoms with Crippen LogP contribution >= 0.6 is 15.9 Å². The summed E-state index contributed by atoms with van der Waals surface area (Å²) in [7, 11) is 0. The number of unbranched alkanes of at least 4 members (excludes halogenated alkanes) is 5. The van der Waals surface area contributed by atoms with Crippen LogP contribution in [0.25, 0.3) is 0 Å². The van der Waals surface area contributed by atoms with Gasteiger partial charge in [0.25, 0.3) is 0 Å². The Morgan fingerprint density at radius 3 is 2.27 bits per heavy atom. The van der Waals surface area contributed by atoms with Crippen LogP contribution in [0.15, 0.2) is 0 Å². The average Bonchev–Trinajstić information content (AvgIpc) is 2.27. The maximum atomic E-state index is 8.65. The van der Waals surface area contributed by atoms with Gasteiger partial charge < -0.3 is 4.74 Å². The smallest absolute Gasteiger partial charge is 0.143 e. The monoisotopic (exact) mass is 275 g/mol. The van der Waals surface area contributed by atoms with Crippen molar-refractivity contribution in [2.45, 2.75) is 58.0 Å². The Bertz CT molecular complexity index is 167. The third kappa shape index (κ3) is 10.2. The van der Waals surface area contributed by atoms with Gasteiger partial charge in [-0.1, -0.05) is 48.5 Å². The maximum absolute atomic E-state index is 8.65. The highest BCUT2D eigenvalue weighted by atomic mass is 79.9. The van der Waals surface area contributed by atoms with E-state index in [1.165, 1.54) is 32.1 Å². The Labute approximate surface area is 102 Å². The molecule has 88 valence electrons. The summed E-state index contributed by atoms with van der Waals surface area (Å²) < 4.78 is 5.40. The van der Waals surface area contributed by atoms with E-state index in [-0.39, 0.29) is 6.10 Å². The van der Waals surface area contributed by atoms with E-state index in [0.717, 1.165) is 24.8 Å². The predicted octanol–water partition coefficient (Wildman–Crippen LogP) is 4.04. The molecule has 0 aliphatic carbocycles. The summed E-state index contributed by atoms with van der Waals surface area (Å²) in [5, 5.41) is 9.77. The zero-order valence-electron chi connectivity index (χ0n) is 9.67. The van der Waals surface area contributed by atoms with Gasteiger partial charge >= 0.3 is 0 Å². The number of nitriles is 1. The van der Waals surface area contributed by atoms with Gasteiger partial charge in [0.1, 0.15) is 6.10 Å². The number of hydrogen-bond donors (Lipinski definition) is 0. The summed E-state index contributed by atoms with van der Waals surface area (Å²) in [6.07, 6.45) is 8.13. The molecule has 0 N–H and O–H groups in total. The van der Waals surface area contributed by atoms with Crippen molar-refractivity contribution in [2.24, 2.45) is 0 Å². The quantitative estimate of drug-likeness (QED) is 0.445. The molecule has 0 amide bonds. The second-order valence-electron chi connectivity index (χ2n) is 3.71. The van der Waals surface area contributed by atoms with Gasteiger partial charge in [-0.15, -0.1) is 0 Å². The van der Waals surface area contributed by atoms with E-state index in [4.69, 9.17) is 10.00 Å². The molecule has 0 radical (unpaired) electrons. The van der Waals surface area contributed by atoms with Crippen LogP contribution in [-0.4, -0.2) is 18.0 Å². The maximum Gasteiger partial charge on any atom is 0.143 e. The molecule has 0 aromatic carbocycles. The first-order valence-corrected chi connectivity index (χ1v) is 7.04.